The molecule has 4 rings (SSSR count). The molecule has 1 aliphatic rings. The van der Waals surface area contributed by atoms with Crippen LogP contribution in [0, 0.1) is 0 Å². The maximum absolute atomic E-state index is 12.7. The summed E-state index contributed by atoms with van der Waals surface area (Å²) < 4.78 is 6.81. The second kappa shape index (κ2) is 7.46. The van der Waals surface area contributed by atoms with E-state index >= 15 is 0 Å². The van der Waals surface area contributed by atoms with E-state index in [0.717, 1.165) is 0 Å². The Labute approximate surface area is 164 Å². The Balaban J connectivity index is 1.78. The highest BCUT2D eigenvalue weighted by Crippen LogP contribution is 2.31. The Bertz CT molecular complexity index is 1040. The number of imidazole rings is 1. The number of fused-ring (bicyclic) bond motifs is 1. The number of benzene rings is 1. The first-order valence-electron chi connectivity index (χ1n) is 8.82. The van der Waals surface area contributed by atoms with Crippen molar-refractivity contribution < 1.29 is 30.0 Å². The van der Waals surface area contributed by atoms with Gasteiger partial charge in [0.2, 0.25) is 11.6 Å². The highest BCUT2D eigenvalue weighted by Gasteiger charge is 2.44. The van der Waals surface area contributed by atoms with Crippen molar-refractivity contribution >= 4 is 22.8 Å². The summed E-state index contributed by atoms with van der Waals surface area (Å²) in [4.78, 5) is 25.1. The zero-order valence-electron chi connectivity index (χ0n) is 15.0. The molecule has 0 spiro atoms. The van der Waals surface area contributed by atoms with Gasteiger partial charge in [-0.25, -0.2) is 15.0 Å². The van der Waals surface area contributed by atoms with Gasteiger partial charge in [0.05, 0.1) is 12.9 Å². The minimum atomic E-state index is -1.58. The monoisotopic (exact) mass is 401 g/mol. The number of carbonyl (C=O) groups is 1. The fourth-order valence-electron chi connectivity index (χ4n) is 3.26. The van der Waals surface area contributed by atoms with Crippen LogP contribution in [0.2, 0.25) is 0 Å². The van der Waals surface area contributed by atoms with Gasteiger partial charge in [-0.2, -0.15) is 0 Å². The number of nitrogens with two attached hydrogens (primary N) is 1. The van der Waals surface area contributed by atoms with Crippen LogP contribution in [0.4, 0.5) is 5.82 Å². The smallest absolute Gasteiger partial charge is 0.230 e. The summed E-state index contributed by atoms with van der Waals surface area (Å²) in [5.74, 6) is -0.675. The third-order valence-corrected chi connectivity index (χ3v) is 4.83. The van der Waals surface area contributed by atoms with Gasteiger partial charge in [-0.1, -0.05) is 30.3 Å². The van der Waals surface area contributed by atoms with Crippen molar-refractivity contribution in [2.45, 2.75) is 30.6 Å². The van der Waals surface area contributed by atoms with Gasteiger partial charge < -0.3 is 30.9 Å². The van der Waals surface area contributed by atoms with Crippen LogP contribution in [0.15, 0.2) is 36.7 Å². The molecule has 152 valence electrons. The first-order valence-corrected chi connectivity index (χ1v) is 8.82. The summed E-state index contributed by atoms with van der Waals surface area (Å²) in [6.45, 7) is -0.580. The molecular formula is C18H19N5O6. The maximum atomic E-state index is 12.7. The van der Waals surface area contributed by atoms with Crippen LogP contribution in [0.5, 0.6) is 0 Å². The number of nitrogen functional groups attached to an aromatic ring is 1. The fourth-order valence-corrected chi connectivity index (χ4v) is 3.26. The topological polar surface area (TPSA) is 177 Å². The van der Waals surface area contributed by atoms with Gasteiger partial charge >= 0.3 is 0 Å². The van der Waals surface area contributed by atoms with E-state index in [0.29, 0.717) is 5.56 Å². The van der Waals surface area contributed by atoms with Crippen molar-refractivity contribution in [1.82, 2.24) is 19.5 Å². The standard InChI is InChI=1S/C18H19N5O6/c19-15-10-17(22-16(21-15)11(25)8-4-2-1-3-5-8)23(7-20-10)18-14(28)13(27)12(26)9(6-24)29-18/h1-5,7,9,12-14,18,24,26-28H,6H2,(H2,19,21,22)/t9-,12-,13+,14-,18-/m1/s1. The molecule has 6 N–H and O–H groups in total. The first kappa shape index (κ1) is 19.4. The number of aliphatic hydroxyl groups is 4. The van der Waals surface area contributed by atoms with Crippen LogP contribution in [0.1, 0.15) is 22.4 Å². The summed E-state index contributed by atoms with van der Waals surface area (Å²) in [6, 6.07) is 8.39. The molecule has 1 aromatic carbocycles. The molecule has 0 unspecified atom stereocenters. The number of aliphatic hydroxyl groups excluding tert-OH is 4. The van der Waals surface area contributed by atoms with E-state index in [1.807, 2.05) is 0 Å². The Morgan fingerprint density at radius 3 is 2.52 bits per heavy atom. The molecule has 11 nitrogen and oxygen atoms in total. The van der Waals surface area contributed by atoms with Gasteiger partial charge in [0.25, 0.3) is 0 Å². The maximum Gasteiger partial charge on any atom is 0.230 e. The number of ketones is 1. The molecule has 1 fully saturated rings. The van der Waals surface area contributed by atoms with Crippen LogP contribution in [-0.2, 0) is 4.74 Å². The van der Waals surface area contributed by atoms with Crippen molar-refractivity contribution in [3.63, 3.8) is 0 Å². The van der Waals surface area contributed by atoms with Crippen LogP contribution in [-0.4, -0.2) is 76.8 Å². The van der Waals surface area contributed by atoms with E-state index in [1.54, 1.807) is 30.3 Å². The lowest BCUT2D eigenvalue weighted by Crippen LogP contribution is -2.56. The average molecular weight is 401 g/mol. The van der Waals surface area contributed by atoms with Crippen molar-refractivity contribution in [2.75, 3.05) is 12.3 Å². The summed E-state index contributed by atoms with van der Waals surface area (Å²) in [5.41, 5.74) is 6.58. The molecule has 0 amide bonds. The number of carbonyl (C=O) groups excluding carboxylic acids is 1. The Kier molecular flexibility index (Phi) is 4.98. The van der Waals surface area contributed by atoms with Gasteiger partial charge in [-0.05, 0) is 0 Å². The van der Waals surface area contributed by atoms with Crippen LogP contribution >= 0.6 is 0 Å². The molecule has 3 heterocycles. The number of hydrogen-bond acceptors (Lipinski definition) is 10. The number of anilines is 1. The quantitative estimate of drug-likeness (QED) is 0.327. The summed E-state index contributed by atoms with van der Waals surface area (Å²) in [7, 11) is 0. The van der Waals surface area contributed by atoms with Crippen molar-refractivity contribution in [2.24, 2.45) is 0 Å². The van der Waals surface area contributed by atoms with E-state index in [4.69, 9.17) is 10.5 Å². The van der Waals surface area contributed by atoms with E-state index in [1.165, 1.54) is 10.9 Å². The van der Waals surface area contributed by atoms with Crippen LogP contribution in [0.3, 0.4) is 0 Å². The number of rotatable bonds is 4. The van der Waals surface area contributed by atoms with Crippen LogP contribution < -0.4 is 5.73 Å². The summed E-state index contributed by atoms with van der Waals surface area (Å²) in [6.07, 6.45) is -5.71. The van der Waals surface area contributed by atoms with Crippen molar-refractivity contribution in [3.05, 3.63) is 48.0 Å². The van der Waals surface area contributed by atoms with Crippen LogP contribution in [0.25, 0.3) is 11.2 Å². The molecule has 2 aromatic heterocycles. The molecular weight excluding hydrogens is 382 g/mol. The van der Waals surface area contributed by atoms with E-state index in [9.17, 15) is 25.2 Å². The molecule has 11 heteroatoms. The number of hydrogen-bond donors (Lipinski definition) is 5. The zero-order valence-corrected chi connectivity index (χ0v) is 15.0. The normalized spacial score (nSPS) is 27.2. The molecule has 0 aliphatic carbocycles. The zero-order chi connectivity index (χ0) is 20.7. The minimum Gasteiger partial charge on any atom is -0.394 e. The summed E-state index contributed by atoms with van der Waals surface area (Å²) >= 11 is 0. The molecule has 0 saturated carbocycles. The predicted molar refractivity (Wildman–Crippen MR) is 98.6 cm³/mol. The molecule has 1 aliphatic heterocycles. The molecule has 1 saturated heterocycles. The number of aromatic nitrogens is 4. The molecule has 3 aromatic rings. The Hall–Kier alpha value is -2.96. The van der Waals surface area contributed by atoms with Gasteiger partial charge in [0.1, 0.15) is 29.9 Å². The van der Waals surface area contributed by atoms with E-state index < -0.39 is 43.0 Å². The lowest BCUT2D eigenvalue weighted by Gasteiger charge is -2.40. The first-order chi connectivity index (χ1) is 13.9. The summed E-state index contributed by atoms with van der Waals surface area (Å²) in [5, 5.41) is 39.8. The molecule has 0 bridgehead atoms. The molecule has 0 radical (unpaired) electrons. The van der Waals surface area contributed by atoms with Crippen molar-refractivity contribution in [1.29, 1.82) is 0 Å². The van der Waals surface area contributed by atoms with Gasteiger partial charge in [-0.3, -0.25) is 9.36 Å². The second-order valence-electron chi connectivity index (χ2n) is 6.67. The Morgan fingerprint density at radius 1 is 1.10 bits per heavy atom. The van der Waals surface area contributed by atoms with Gasteiger partial charge in [0.15, 0.2) is 17.7 Å². The lowest BCUT2D eigenvalue weighted by atomic mass is 9.98. The minimum absolute atomic E-state index is 0.0439. The van der Waals surface area contributed by atoms with E-state index in [-0.39, 0.29) is 22.8 Å². The third kappa shape index (κ3) is 3.24. The van der Waals surface area contributed by atoms with Gasteiger partial charge in [-0.15, -0.1) is 0 Å². The SMILES string of the molecule is Nc1nc(C(=O)c2ccccc2)nc2c1ncn2[C@@H]1O[C@H](CO)[C@@H](O)[C@H](O)[C@H]1O. The second-order valence-corrected chi connectivity index (χ2v) is 6.67. The molecule has 5 atom stereocenters. The molecule has 29 heavy (non-hydrogen) atoms. The lowest BCUT2D eigenvalue weighted by molar-refractivity contribution is -0.250. The predicted octanol–water partition coefficient (Wildman–Crippen LogP) is -1.39. The Morgan fingerprint density at radius 2 is 1.83 bits per heavy atom. The fraction of sp³-hybridized carbons (Fsp3) is 0.333. The van der Waals surface area contributed by atoms with Gasteiger partial charge in [0, 0.05) is 5.56 Å². The number of nitrogens with zero attached hydrogens (tertiary/aromatic N) is 4. The van der Waals surface area contributed by atoms with E-state index in [2.05, 4.69) is 15.0 Å². The largest absolute Gasteiger partial charge is 0.394 e. The third-order valence-electron chi connectivity index (χ3n) is 4.83. The highest BCUT2D eigenvalue weighted by atomic mass is 16.6. The highest BCUT2D eigenvalue weighted by molar-refractivity contribution is 6.07. The average Bonchev–Trinajstić information content (AvgIpc) is 3.17. The van der Waals surface area contributed by atoms with Crippen molar-refractivity contribution in [3.8, 4) is 0 Å². The number of ether oxygens (including phenoxy) is 1.